The van der Waals surface area contributed by atoms with Gasteiger partial charge in [-0.25, -0.2) is 9.50 Å². The number of nitrogens with one attached hydrogen (secondary N) is 1. The lowest BCUT2D eigenvalue weighted by Crippen LogP contribution is -2.35. The number of hydrogen-bond donors (Lipinski definition) is 2. The Balaban J connectivity index is 1.77. The summed E-state index contributed by atoms with van der Waals surface area (Å²) >= 11 is 0. The van der Waals surface area contributed by atoms with Gasteiger partial charge in [0.05, 0.1) is 6.10 Å². The van der Waals surface area contributed by atoms with Gasteiger partial charge in [-0.3, -0.25) is 0 Å². The predicted molar refractivity (Wildman–Crippen MR) is 68.3 cm³/mol. The first kappa shape index (κ1) is 11.6. The third-order valence-corrected chi connectivity index (χ3v) is 3.73. The summed E-state index contributed by atoms with van der Waals surface area (Å²) in [6, 6.07) is 5.90. The van der Waals surface area contributed by atoms with Gasteiger partial charge in [0.15, 0.2) is 5.65 Å². The molecule has 2 aromatic heterocycles. The quantitative estimate of drug-likeness (QED) is 0.834. The van der Waals surface area contributed by atoms with E-state index in [1.54, 1.807) is 6.33 Å². The fraction of sp³-hybridized carbons (Fsp3) is 0.538. The van der Waals surface area contributed by atoms with Gasteiger partial charge >= 0.3 is 0 Å². The fourth-order valence-corrected chi connectivity index (χ4v) is 2.67. The molecule has 1 unspecified atom stereocenters. The molecule has 0 amide bonds. The van der Waals surface area contributed by atoms with Crippen molar-refractivity contribution in [1.29, 1.82) is 0 Å². The minimum Gasteiger partial charge on any atom is -0.392 e. The van der Waals surface area contributed by atoms with Crippen LogP contribution in [0.2, 0.25) is 0 Å². The van der Waals surface area contributed by atoms with Crippen LogP contribution in [-0.2, 0) is 6.42 Å². The first-order valence-corrected chi connectivity index (χ1v) is 6.51. The average molecular weight is 246 g/mol. The maximum absolute atomic E-state index is 10.3. The van der Waals surface area contributed by atoms with Crippen molar-refractivity contribution in [2.75, 3.05) is 13.1 Å². The third-order valence-electron chi connectivity index (χ3n) is 3.73. The molecule has 0 aromatic carbocycles. The molecule has 1 fully saturated rings. The van der Waals surface area contributed by atoms with Crippen LogP contribution in [0.5, 0.6) is 0 Å². The maximum Gasteiger partial charge on any atom is 0.155 e. The van der Waals surface area contributed by atoms with E-state index in [2.05, 4.69) is 15.4 Å². The van der Waals surface area contributed by atoms with Crippen LogP contribution in [0.3, 0.4) is 0 Å². The Bertz CT molecular complexity index is 518. The highest BCUT2D eigenvalue weighted by atomic mass is 16.3. The molecule has 5 heteroatoms. The summed E-state index contributed by atoms with van der Waals surface area (Å²) in [6.45, 7) is 2.02. The Hall–Kier alpha value is -1.46. The van der Waals surface area contributed by atoms with Crippen LogP contribution in [0.4, 0.5) is 0 Å². The van der Waals surface area contributed by atoms with E-state index in [0.717, 1.165) is 37.3 Å². The molecule has 2 aromatic rings. The molecular formula is C13H18N4O. The van der Waals surface area contributed by atoms with E-state index in [-0.39, 0.29) is 6.10 Å². The zero-order chi connectivity index (χ0) is 12.4. The SMILES string of the molecule is OC(Cc1cccc2ncnn12)C1CCNCC1. The van der Waals surface area contributed by atoms with Gasteiger partial charge in [-0.15, -0.1) is 0 Å². The Labute approximate surface area is 106 Å². The monoisotopic (exact) mass is 246 g/mol. The highest BCUT2D eigenvalue weighted by Gasteiger charge is 2.22. The van der Waals surface area contributed by atoms with Gasteiger partial charge in [0.25, 0.3) is 0 Å². The predicted octanol–water partition coefficient (Wildman–Crippen LogP) is 0.632. The van der Waals surface area contributed by atoms with Crippen LogP contribution in [-0.4, -0.2) is 38.9 Å². The molecule has 1 aliphatic heterocycles. The van der Waals surface area contributed by atoms with Gasteiger partial charge in [0.2, 0.25) is 0 Å². The number of nitrogens with zero attached hydrogens (tertiary/aromatic N) is 3. The summed E-state index contributed by atoms with van der Waals surface area (Å²) < 4.78 is 1.81. The molecule has 1 saturated heterocycles. The molecule has 18 heavy (non-hydrogen) atoms. The summed E-state index contributed by atoms with van der Waals surface area (Å²) in [5.74, 6) is 0.394. The average Bonchev–Trinajstić information content (AvgIpc) is 2.89. The molecule has 3 heterocycles. The number of hydrogen-bond acceptors (Lipinski definition) is 4. The minimum atomic E-state index is -0.290. The molecule has 0 bridgehead atoms. The number of piperidine rings is 1. The van der Waals surface area contributed by atoms with E-state index in [1.165, 1.54) is 0 Å². The van der Waals surface area contributed by atoms with Crippen LogP contribution >= 0.6 is 0 Å². The summed E-state index contributed by atoms with van der Waals surface area (Å²) in [4.78, 5) is 4.16. The number of aromatic nitrogens is 3. The van der Waals surface area contributed by atoms with Gasteiger partial charge in [0.1, 0.15) is 6.33 Å². The lowest BCUT2D eigenvalue weighted by Gasteiger charge is -2.27. The summed E-state index contributed by atoms with van der Waals surface area (Å²) in [7, 11) is 0. The Morgan fingerprint density at radius 1 is 1.39 bits per heavy atom. The second-order valence-corrected chi connectivity index (χ2v) is 4.91. The Morgan fingerprint density at radius 2 is 2.22 bits per heavy atom. The topological polar surface area (TPSA) is 62.5 Å². The standard InChI is InChI=1S/C13H18N4O/c18-12(10-4-6-14-7-5-10)8-11-2-1-3-13-15-9-16-17(11)13/h1-3,9-10,12,14,18H,4-8H2. The number of aliphatic hydroxyl groups is 1. The van der Waals surface area contributed by atoms with Gasteiger partial charge in [-0.05, 0) is 44.0 Å². The third kappa shape index (κ3) is 2.23. The first-order valence-electron chi connectivity index (χ1n) is 6.51. The zero-order valence-corrected chi connectivity index (χ0v) is 10.3. The maximum atomic E-state index is 10.3. The summed E-state index contributed by atoms with van der Waals surface area (Å²) in [5.41, 5.74) is 1.86. The second-order valence-electron chi connectivity index (χ2n) is 4.91. The van der Waals surface area contributed by atoms with Gasteiger partial charge in [0, 0.05) is 12.1 Å². The molecular weight excluding hydrogens is 228 g/mol. The van der Waals surface area contributed by atoms with Crippen LogP contribution in [0.25, 0.3) is 5.65 Å². The van der Waals surface area contributed by atoms with Crippen LogP contribution < -0.4 is 5.32 Å². The van der Waals surface area contributed by atoms with E-state index in [0.29, 0.717) is 12.3 Å². The minimum absolute atomic E-state index is 0.290. The molecule has 0 radical (unpaired) electrons. The zero-order valence-electron chi connectivity index (χ0n) is 10.3. The van der Waals surface area contributed by atoms with Crippen molar-refractivity contribution < 1.29 is 5.11 Å². The van der Waals surface area contributed by atoms with Crippen molar-refractivity contribution in [2.24, 2.45) is 5.92 Å². The van der Waals surface area contributed by atoms with Crippen molar-refractivity contribution in [3.05, 3.63) is 30.2 Å². The molecule has 0 saturated carbocycles. The van der Waals surface area contributed by atoms with Gasteiger partial charge in [-0.2, -0.15) is 5.10 Å². The van der Waals surface area contributed by atoms with E-state index < -0.39 is 0 Å². The van der Waals surface area contributed by atoms with Crippen molar-refractivity contribution in [3.63, 3.8) is 0 Å². The molecule has 3 rings (SSSR count). The van der Waals surface area contributed by atoms with E-state index in [9.17, 15) is 5.11 Å². The van der Waals surface area contributed by atoms with E-state index in [1.807, 2.05) is 22.7 Å². The van der Waals surface area contributed by atoms with Crippen LogP contribution in [0.15, 0.2) is 24.5 Å². The Kier molecular flexibility index (Phi) is 3.25. The van der Waals surface area contributed by atoms with Crippen LogP contribution in [0, 0.1) is 5.92 Å². The summed E-state index contributed by atoms with van der Waals surface area (Å²) in [5, 5.41) is 17.9. The second kappa shape index (κ2) is 5.04. The fourth-order valence-electron chi connectivity index (χ4n) is 2.67. The van der Waals surface area contributed by atoms with Crippen molar-refractivity contribution >= 4 is 5.65 Å². The molecule has 0 aliphatic carbocycles. The van der Waals surface area contributed by atoms with Crippen molar-refractivity contribution in [3.8, 4) is 0 Å². The summed E-state index contributed by atoms with van der Waals surface area (Å²) in [6.07, 6.45) is 4.01. The first-order chi connectivity index (χ1) is 8.84. The smallest absolute Gasteiger partial charge is 0.155 e. The molecule has 1 atom stereocenters. The highest BCUT2D eigenvalue weighted by Crippen LogP contribution is 2.19. The van der Waals surface area contributed by atoms with E-state index >= 15 is 0 Å². The molecule has 0 spiro atoms. The lowest BCUT2D eigenvalue weighted by molar-refractivity contribution is 0.0877. The van der Waals surface area contributed by atoms with Gasteiger partial charge in [-0.1, -0.05) is 6.07 Å². The normalized spacial score (nSPS) is 19.2. The largest absolute Gasteiger partial charge is 0.392 e. The van der Waals surface area contributed by atoms with E-state index in [4.69, 9.17) is 0 Å². The Morgan fingerprint density at radius 3 is 3.06 bits per heavy atom. The number of pyridine rings is 1. The van der Waals surface area contributed by atoms with Gasteiger partial charge < -0.3 is 10.4 Å². The van der Waals surface area contributed by atoms with Crippen LogP contribution in [0.1, 0.15) is 18.5 Å². The van der Waals surface area contributed by atoms with Crippen molar-refractivity contribution in [1.82, 2.24) is 19.9 Å². The lowest BCUT2D eigenvalue weighted by atomic mass is 9.89. The number of fused-ring (bicyclic) bond motifs is 1. The molecule has 5 nitrogen and oxygen atoms in total. The number of rotatable bonds is 3. The van der Waals surface area contributed by atoms with Crippen molar-refractivity contribution in [2.45, 2.75) is 25.4 Å². The number of aliphatic hydroxyl groups excluding tert-OH is 1. The molecule has 1 aliphatic rings. The highest BCUT2D eigenvalue weighted by molar-refractivity contribution is 5.37. The molecule has 2 N–H and O–H groups in total. The molecule has 96 valence electrons.